The first-order valence-electron chi connectivity index (χ1n) is 5.09. The second-order valence-electron chi connectivity index (χ2n) is 3.57. The fraction of sp³-hybridized carbons (Fsp3) is 0. The van der Waals surface area contributed by atoms with Crippen LogP contribution in [0.4, 0.5) is 0 Å². The van der Waals surface area contributed by atoms with Gasteiger partial charge < -0.3 is 10.5 Å². The van der Waals surface area contributed by atoms with Crippen molar-refractivity contribution in [3.05, 3.63) is 56.6 Å². The monoisotopic (exact) mass is 373 g/mol. The molecule has 0 saturated heterocycles. The molecule has 0 radical (unpaired) electrons. The third-order valence-corrected chi connectivity index (χ3v) is 3.22. The maximum atomic E-state index is 11.0. The first-order chi connectivity index (χ1) is 8.56. The molecule has 92 valence electrons. The van der Waals surface area contributed by atoms with Gasteiger partial charge in [-0.1, -0.05) is 17.7 Å². The molecule has 0 aromatic heterocycles. The van der Waals surface area contributed by atoms with E-state index in [0.29, 0.717) is 11.5 Å². The minimum absolute atomic E-state index is 0.283. The summed E-state index contributed by atoms with van der Waals surface area (Å²) in [7, 11) is 0. The van der Waals surface area contributed by atoms with Gasteiger partial charge in [0.1, 0.15) is 11.5 Å². The number of nitrogens with two attached hydrogens (primary N) is 1. The van der Waals surface area contributed by atoms with E-state index < -0.39 is 5.91 Å². The molecule has 0 aliphatic carbocycles. The summed E-state index contributed by atoms with van der Waals surface area (Å²) < 4.78 is 6.71. The van der Waals surface area contributed by atoms with Gasteiger partial charge in [-0.15, -0.1) is 0 Å². The summed E-state index contributed by atoms with van der Waals surface area (Å²) in [6.07, 6.45) is 0. The Morgan fingerprint density at radius 3 is 2.50 bits per heavy atom. The maximum Gasteiger partial charge on any atom is 0.250 e. The number of hydrogen-bond acceptors (Lipinski definition) is 2. The number of carbonyl (C=O) groups is 1. The molecule has 2 N–H and O–H groups in total. The Balaban J connectivity index is 2.25. The van der Waals surface area contributed by atoms with Gasteiger partial charge in [0, 0.05) is 9.64 Å². The lowest BCUT2D eigenvalue weighted by Crippen LogP contribution is -2.11. The van der Waals surface area contributed by atoms with Crippen LogP contribution in [0, 0.1) is 3.57 Å². The normalized spacial score (nSPS) is 10.1. The van der Waals surface area contributed by atoms with Crippen LogP contribution in [0.5, 0.6) is 11.5 Å². The van der Waals surface area contributed by atoms with Gasteiger partial charge in [-0.2, -0.15) is 0 Å². The number of ether oxygens (including phenoxy) is 1. The van der Waals surface area contributed by atoms with Gasteiger partial charge in [0.05, 0.1) is 10.6 Å². The Kier molecular flexibility index (Phi) is 4.08. The van der Waals surface area contributed by atoms with Crippen LogP contribution in [-0.4, -0.2) is 5.91 Å². The number of primary amides is 1. The summed E-state index contributed by atoms with van der Waals surface area (Å²) in [5, 5.41) is 0.283. The molecule has 0 saturated carbocycles. The highest BCUT2D eigenvalue weighted by Gasteiger charge is 2.08. The first kappa shape index (κ1) is 13.2. The molecule has 0 aliphatic heterocycles. The largest absolute Gasteiger partial charge is 0.457 e. The Bertz CT molecular complexity index is 601. The van der Waals surface area contributed by atoms with Crippen LogP contribution in [0.3, 0.4) is 0 Å². The molecule has 2 aromatic carbocycles. The standard InChI is InChI=1S/C13H9ClINO2/c14-12-7-10(4-5-11(12)13(16)17)18-9-3-1-2-8(15)6-9/h1-7H,(H2,16,17). The third kappa shape index (κ3) is 3.14. The molecule has 2 rings (SSSR count). The molecule has 0 bridgehead atoms. The van der Waals surface area contributed by atoms with Crippen LogP contribution in [0.2, 0.25) is 5.02 Å². The van der Waals surface area contributed by atoms with Crippen molar-refractivity contribution in [2.45, 2.75) is 0 Å². The van der Waals surface area contributed by atoms with Crippen LogP contribution < -0.4 is 10.5 Å². The van der Waals surface area contributed by atoms with Crippen LogP contribution in [0.25, 0.3) is 0 Å². The van der Waals surface area contributed by atoms with Gasteiger partial charge in [-0.25, -0.2) is 0 Å². The molecule has 0 unspecified atom stereocenters. The van der Waals surface area contributed by atoms with Crippen molar-refractivity contribution in [2.75, 3.05) is 0 Å². The lowest BCUT2D eigenvalue weighted by atomic mass is 10.2. The van der Waals surface area contributed by atoms with Gasteiger partial charge in [0.2, 0.25) is 5.91 Å². The van der Waals surface area contributed by atoms with E-state index in [0.717, 1.165) is 3.57 Å². The summed E-state index contributed by atoms with van der Waals surface area (Å²) in [5.41, 5.74) is 5.46. The van der Waals surface area contributed by atoms with Crippen LogP contribution in [-0.2, 0) is 0 Å². The van der Waals surface area contributed by atoms with Crippen molar-refractivity contribution in [3.63, 3.8) is 0 Å². The molecule has 2 aromatic rings. The van der Waals surface area contributed by atoms with Crippen LogP contribution in [0.1, 0.15) is 10.4 Å². The van der Waals surface area contributed by atoms with Crippen molar-refractivity contribution in [1.29, 1.82) is 0 Å². The molecule has 1 amide bonds. The van der Waals surface area contributed by atoms with Crippen molar-refractivity contribution in [1.82, 2.24) is 0 Å². The zero-order valence-corrected chi connectivity index (χ0v) is 12.1. The minimum atomic E-state index is -0.555. The maximum absolute atomic E-state index is 11.0. The Morgan fingerprint density at radius 2 is 1.89 bits per heavy atom. The molecule has 0 fully saturated rings. The molecule has 0 aliphatic rings. The smallest absolute Gasteiger partial charge is 0.250 e. The second-order valence-corrected chi connectivity index (χ2v) is 5.22. The van der Waals surface area contributed by atoms with E-state index in [1.165, 1.54) is 0 Å². The Hall–Kier alpha value is -1.27. The van der Waals surface area contributed by atoms with Gasteiger partial charge in [-0.3, -0.25) is 4.79 Å². The Morgan fingerprint density at radius 1 is 1.17 bits per heavy atom. The summed E-state index contributed by atoms with van der Waals surface area (Å²) in [5.74, 6) is 0.720. The van der Waals surface area contributed by atoms with E-state index in [9.17, 15) is 4.79 Å². The van der Waals surface area contributed by atoms with Gasteiger partial charge in [-0.05, 0) is 52.9 Å². The zero-order valence-electron chi connectivity index (χ0n) is 9.19. The van der Waals surface area contributed by atoms with E-state index in [1.807, 2.05) is 24.3 Å². The van der Waals surface area contributed by atoms with Crippen molar-refractivity contribution < 1.29 is 9.53 Å². The van der Waals surface area contributed by atoms with Gasteiger partial charge in [0.25, 0.3) is 0 Å². The molecule has 3 nitrogen and oxygen atoms in total. The molecular weight excluding hydrogens is 365 g/mol. The van der Waals surface area contributed by atoms with Gasteiger partial charge >= 0.3 is 0 Å². The van der Waals surface area contributed by atoms with E-state index in [1.54, 1.807) is 18.2 Å². The molecule has 5 heteroatoms. The minimum Gasteiger partial charge on any atom is -0.457 e. The predicted molar refractivity (Wildman–Crippen MR) is 79.2 cm³/mol. The summed E-state index contributed by atoms with van der Waals surface area (Å²) >= 11 is 8.14. The number of benzene rings is 2. The quantitative estimate of drug-likeness (QED) is 0.831. The predicted octanol–water partition coefficient (Wildman–Crippen LogP) is 3.84. The number of carbonyl (C=O) groups excluding carboxylic acids is 1. The second kappa shape index (κ2) is 5.58. The van der Waals surface area contributed by atoms with Gasteiger partial charge in [0.15, 0.2) is 0 Å². The summed E-state index contributed by atoms with van der Waals surface area (Å²) in [6.45, 7) is 0. The topological polar surface area (TPSA) is 52.3 Å². The third-order valence-electron chi connectivity index (χ3n) is 2.24. The zero-order chi connectivity index (χ0) is 13.1. The van der Waals surface area contributed by atoms with Crippen molar-refractivity contribution in [2.24, 2.45) is 5.73 Å². The number of hydrogen-bond donors (Lipinski definition) is 1. The highest BCUT2D eigenvalue weighted by Crippen LogP contribution is 2.27. The van der Waals surface area contributed by atoms with Crippen molar-refractivity contribution in [3.8, 4) is 11.5 Å². The lowest BCUT2D eigenvalue weighted by Gasteiger charge is -2.07. The molecule has 0 spiro atoms. The van der Waals surface area contributed by atoms with E-state index >= 15 is 0 Å². The SMILES string of the molecule is NC(=O)c1ccc(Oc2cccc(I)c2)cc1Cl. The molecule has 18 heavy (non-hydrogen) atoms. The summed E-state index contributed by atoms with van der Waals surface area (Å²) in [4.78, 5) is 11.0. The fourth-order valence-corrected chi connectivity index (χ4v) is 2.20. The number of rotatable bonds is 3. The van der Waals surface area contributed by atoms with Crippen LogP contribution in [0.15, 0.2) is 42.5 Å². The highest BCUT2D eigenvalue weighted by atomic mass is 127. The molecule has 0 atom stereocenters. The summed E-state index contributed by atoms with van der Waals surface area (Å²) in [6, 6.07) is 12.4. The van der Waals surface area contributed by atoms with Crippen molar-refractivity contribution >= 4 is 40.1 Å². The number of halogens is 2. The molecule has 0 heterocycles. The van der Waals surface area contributed by atoms with E-state index in [2.05, 4.69) is 22.6 Å². The highest BCUT2D eigenvalue weighted by molar-refractivity contribution is 14.1. The lowest BCUT2D eigenvalue weighted by molar-refractivity contribution is 0.100. The number of amides is 1. The fourth-order valence-electron chi connectivity index (χ4n) is 1.43. The first-order valence-corrected chi connectivity index (χ1v) is 6.55. The van der Waals surface area contributed by atoms with E-state index in [-0.39, 0.29) is 10.6 Å². The Labute approximate surface area is 123 Å². The average molecular weight is 374 g/mol. The van der Waals surface area contributed by atoms with E-state index in [4.69, 9.17) is 22.1 Å². The molecular formula is C13H9ClINO2. The van der Waals surface area contributed by atoms with Crippen LogP contribution >= 0.6 is 34.2 Å². The average Bonchev–Trinajstić information content (AvgIpc) is 2.28.